The SMILES string of the molecule is Cl.N.O=C(O)CC(O)(CC(=O)O)C(=O)O.[CaH2].[Fe]. The van der Waals surface area contributed by atoms with Gasteiger partial charge in [-0.1, -0.05) is 0 Å². The third-order valence-electron chi connectivity index (χ3n) is 1.29. The zero-order valence-electron chi connectivity index (χ0n) is 7.90. The van der Waals surface area contributed by atoms with Gasteiger partial charge in [-0.05, 0) is 0 Å². The summed E-state index contributed by atoms with van der Waals surface area (Å²) in [7, 11) is 0. The minimum absolute atomic E-state index is 0. The summed E-state index contributed by atoms with van der Waals surface area (Å²) in [5, 5.41) is 33.8. The molecular weight excluding hydrogens is 329 g/mol. The van der Waals surface area contributed by atoms with Crippen molar-refractivity contribution in [2.75, 3.05) is 0 Å². The standard InChI is InChI=1S/C6H8O7.Ca.ClH.Fe.H3N.2H/c7-3(8)1-6(13,5(11)12)2-4(9)10;;;;;;/h13H,1-2H2,(H,7,8)(H,9,10)(H,11,12);;1H;;1H3;;. The predicted octanol–water partition coefficient (Wildman–Crippen LogP) is -1.58. The Balaban J connectivity index is -0.000000120. The molecule has 0 aromatic heterocycles. The van der Waals surface area contributed by atoms with E-state index in [0.717, 1.165) is 0 Å². The van der Waals surface area contributed by atoms with Crippen LogP contribution in [0.5, 0.6) is 0 Å². The minimum Gasteiger partial charge on any atom is 0 e. The maximum Gasteiger partial charge on any atom is 0 e. The van der Waals surface area contributed by atoms with E-state index in [-0.39, 0.29) is 73.4 Å². The molecule has 0 unspecified atom stereocenters. The fourth-order valence-electron chi connectivity index (χ4n) is 0.714. The summed E-state index contributed by atoms with van der Waals surface area (Å²) >= 11 is 0. The number of hydrogen-bond donors (Lipinski definition) is 5. The summed E-state index contributed by atoms with van der Waals surface area (Å²) < 4.78 is 0. The molecule has 17 heavy (non-hydrogen) atoms. The fraction of sp³-hybridized carbons (Fsp3) is 0.500. The van der Waals surface area contributed by atoms with Crippen molar-refractivity contribution in [1.82, 2.24) is 6.15 Å². The summed E-state index contributed by atoms with van der Waals surface area (Å²) in [4.78, 5) is 30.5. The fourth-order valence-corrected chi connectivity index (χ4v) is 0.714. The van der Waals surface area contributed by atoms with Gasteiger partial charge >= 0.3 is 55.6 Å². The van der Waals surface area contributed by atoms with Crippen LogP contribution in [0, 0.1) is 0 Å². The van der Waals surface area contributed by atoms with E-state index >= 15 is 0 Å². The van der Waals surface area contributed by atoms with Crippen LogP contribution in [0.4, 0.5) is 0 Å². The molecule has 0 aromatic carbocycles. The molecule has 0 amide bonds. The zero-order valence-corrected chi connectivity index (χ0v) is 9.82. The number of halogens is 1. The molecule has 0 spiro atoms. The number of carbonyl (C=O) groups is 3. The minimum atomic E-state index is -2.74. The molecule has 11 heteroatoms. The molecular formula is C6H14CaClFeNO7. The topological polar surface area (TPSA) is 167 Å². The zero-order chi connectivity index (χ0) is 10.6. The first-order valence-electron chi connectivity index (χ1n) is 3.17. The van der Waals surface area contributed by atoms with Gasteiger partial charge in [-0.3, -0.25) is 9.59 Å². The number of aliphatic carboxylic acids is 3. The second-order valence-electron chi connectivity index (χ2n) is 2.48. The first-order valence-corrected chi connectivity index (χ1v) is 3.17. The van der Waals surface area contributed by atoms with Crippen molar-refractivity contribution >= 4 is 68.1 Å². The summed E-state index contributed by atoms with van der Waals surface area (Å²) in [6, 6.07) is 0. The molecule has 0 aromatic rings. The van der Waals surface area contributed by atoms with E-state index < -0.39 is 36.4 Å². The Morgan fingerprint density at radius 2 is 1.18 bits per heavy atom. The van der Waals surface area contributed by atoms with Crippen molar-refractivity contribution in [2.24, 2.45) is 0 Å². The summed E-state index contributed by atoms with van der Waals surface area (Å²) in [5.74, 6) is -5.02. The van der Waals surface area contributed by atoms with E-state index in [1.54, 1.807) is 0 Å². The van der Waals surface area contributed by atoms with Crippen LogP contribution in [0.2, 0.25) is 0 Å². The van der Waals surface area contributed by atoms with Gasteiger partial charge in [0.1, 0.15) is 0 Å². The number of carboxylic acid groups (broad SMARTS) is 3. The Morgan fingerprint density at radius 3 is 1.29 bits per heavy atom. The monoisotopic (exact) mass is 343 g/mol. The third kappa shape index (κ3) is 12.6. The molecule has 0 aliphatic rings. The molecule has 0 radical (unpaired) electrons. The summed E-state index contributed by atoms with van der Waals surface area (Å²) in [6.07, 6.45) is -2.29. The molecule has 0 rings (SSSR count). The van der Waals surface area contributed by atoms with Gasteiger partial charge in [0.15, 0.2) is 5.60 Å². The Kier molecular flexibility index (Phi) is 23.0. The molecule has 7 N–H and O–H groups in total. The van der Waals surface area contributed by atoms with E-state index in [4.69, 9.17) is 20.4 Å². The quantitative estimate of drug-likeness (QED) is 0.373. The van der Waals surface area contributed by atoms with Crippen molar-refractivity contribution in [1.29, 1.82) is 0 Å². The van der Waals surface area contributed by atoms with Gasteiger partial charge in [0.05, 0.1) is 12.8 Å². The first-order chi connectivity index (χ1) is 5.78. The Labute approximate surface area is 143 Å². The average molecular weight is 344 g/mol. The van der Waals surface area contributed by atoms with Crippen LogP contribution >= 0.6 is 12.4 Å². The van der Waals surface area contributed by atoms with Crippen molar-refractivity contribution in [3.8, 4) is 0 Å². The molecule has 0 saturated heterocycles. The second kappa shape index (κ2) is 12.8. The van der Waals surface area contributed by atoms with Crippen LogP contribution in [-0.4, -0.2) is 81.7 Å². The predicted molar refractivity (Wildman–Crippen MR) is 57.9 cm³/mol. The number of rotatable bonds is 5. The van der Waals surface area contributed by atoms with Gasteiger partial charge in [0.25, 0.3) is 0 Å². The number of carboxylic acids is 3. The van der Waals surface area contributed by atoms with Crippen LogP contribution in [-0.2, 0) is 31.5 Å². The molecule has 0 aliphatic heterocycles. The van der Waals surface area contributed by atoms with Crippen LogP contribution in [0.3, 0.4) is 0 Å². The smallest absolute Gasteiger partial charge is 0 e. The van der Waals surface area contributed by atoms with Crippen molar-refractivity contribution in [2.45, 2.75) is 18.4 Å². The van der Waals surface area contributed by atoms with Crippen LogP contribution in [0.1, 0.15) is 12.8 Å². The Bertz CT molecular complexity index is 249. The van der Waals surface area contributed by atoms with Gasteiger partial charge < -0.3 is 26.6 Å². The largest absolute Gasteiger partial charge is 0 e. The van der Waals surface area contributed by atoms with Crippen LogP contribution < -0.4 is 6.15 Å². The molecule has 0 saturated carbocycles. The molecule has 102 valence electrons. The molecule has 0 aliphatic carbocycles. The molecule has 8 nitrogen and oxygen atoms in total. The third-order valence-corrected chi connectivity index (χ3v) is 1.29. The van der Waals surface area contributed by atoms with Crippen LogP contribution in [0.25, 0.3) is 0 Å². The van der Waals surface area contributed by atoms with E-state index in [9.17, 15) is 14.4 Å². The Hall–Kier alpha value is 0.399. The van der Waals surface area contributed by atoms with E-state index in [1.807, 2.05) is 0 Å². The number of hydrogen-bond acceptors (Lipinski definition) is 5. The molecule has 0 fully saturated rings. The summed E-state index contributed by atoms with van der Waals surface area (Å²) in [5.41, 5.74) is -2.74. The molecule has 0 atom stereocenters. The van der Waals surface area contributed by atoms with Crippen LogP contribution in [0.15, 0.2) is 0 Å². The van der Waals surface area contributed by atoms with E-state index in [0.29, 0.717) is 0 Å². The van der Waals surface area contributed by atoms with Gasteiger partial charge in [-0.25, -0.2) is 4.79 Å². The average Bonchev–Trinajstić information content (AvgIpc) is 1.82. The van der Waals surface area contributed by atoms with Crippen molar-refractivity contribution < 1.29 is 51.9 Å². The van der Waals surface area contributed by atoms with Gasteiger partial charge in [0.2, 0.25) is 0 Å². The van der Waals surface area contributed by atoms with Gasteiger partial charge in [-0.15, -0.1) is 12.4 Å². The molecule has 0 heterocycles. The van der Waals surface area contributed by atoms with E-state index in [1.165, 1.54) is 0 Å². The maximum absolute atomic E-state index is 10.3. The van der Waals surface area contributed by atoms with E-state index in [2.05, 4.69) is 0 Å². The Morgan fingerprint density at radius 1 is 0.941 bits per heavy atom. The van der Waals surface area contributed by atoms with Crippen molar-refractivity contribution in [3.63, 3.8) is 0 Å². The summed E-state index contributed by atoms with van der Waals surface area (Å²) in [6.45, 7) is 0. The number of aliphatic hydroxyl groups is 1. The normalized spacial score (nSPS) is 8.29. The van der Waals surface area contributed by atoms with Crippen molar-refractivity contribution in [3.05, 3.63) is 0 Å². The maximum atomic E-state index is 10.3. The molecule has 0 bridgehead atoms. The first kappa shape index (κ1) is 30.4. The second-order valence-corrected chi connectivity index (χ2v) is 2.48. The van der Waals surface area contributed by atoms with Gasteiger partial charge in [-0.2, -0.15) is 0 Å². The van der Waals surface area contributed by atoms with Gasteiger partial charge in [0, 0.05) is 17.1 Å².